The van der Waals surface area contributed by atoms with Crippen LogP contribution in [0, 0.1) is 0 Å². The highest BCUT2D eigenvalue weighted by Gasteiger charge is 2.13. The van der Waals surface area contributed by atoms with Gasteiger partial charge in [0.25, 0.3) is 0 Å². The largest absolute Gasteiger partial charge is 0.457 e. The van der Waals surface area contributed by atoms with Gasteiger partial charge in [-0.05, 0) is 46.9 Å². The van der Waals surface area contributed by atoms with Crippen LogP contribution >= 0.6 is 0 Å². The van der Waals surface area contributed by atoms with Crippen LogP contribution in [0.5, 0.6) is 11.5 Å². The molecule has 2 aromatic rings. The summed E-state index contributed by atoms with van der Waals surface area (Å²) in [5.74, 6) is 1.03. The third-order valence-corrected chi connectivity index (χ3v) is 3.25. The number of hydrogen-bond acceptors (Lipinski definition) is 2. The highest BCUT2D eigenvalue weighted by atomic mass is 16.5. The highest BCUT2D eigenvalue weighted by Crippen LogP contribution is 2.27. The molecule has 2 rings (SSSR count). The van der Waals surface area contributed by atoms with Gasteiger partial charge in [-0.1, -0.05) is 45.0 Å². The number of benzene rings is 2. The Morgan fingerprint density at radius 3 is 2.32 bits per heavy atom. The number of nitrogens with two attached hydrogens (primary N) is 1. The van der Waals surface area contributed by atoms with Crippen molar-refractivity contribution in [3.8, 4) is 11.5 Å². The van der Waals surface area contributed by atoms with E-state index < -0.39 is 5.91 Å². The molecule has 3 nitrogen and oxygen atoms in total. The van der Waals surface area contributed by atoms with Crippen molar-refractivity contribution in [2.24, 2.45) is 5.73 Å². The molecule has 0 aliphatic carbocycles. The van der Waals surface area contributed by atoms with Gasteiger partial charge in [0.2, 0.25) is 5.91 Å². The maximum absolute atomic E-state index is 10.8. The molecule has 3 heteroatoms. The second-order valence-corrected chi connectivity index (χ2v) is 6.18. The molecular formula is C19H21NO2. The average Bonchev–Trinajstić information content (AvgIpc) is 2.45. The Morgan fingerprint density at radius 2 is 1.73 bits per heavy atom. The van der Waals surface area contributed by atoms with Crippen molar-refractivity contribution in [2.45, 2.75) is 26.2 Å². The predicted molar refractivity (Wildman–Crippen MR) is 89.9 cm³/mol. The Balaban J connectivity index is 2.14. The lowest BCUT2D eigenvalue weighted by atomic mass is 9.87. The van der Waals surface area contributed by atoms with Crippen molar-refractivity contribution in [3.63, 3.8) is 0 Å². The summed E-state index contributed by atoms with van der Waals surface area (Å²) in [6.07, 6.45) is 3.00. The molecule has 22 heavy (non-hydrogen) atoms. The molecule has 0 atom stereocenters. The van der Waals surface area contributed by atoms with Gasteiger partial charge >= 0.3 is 0 Å². The van der Waals surface area contributed by atoms with Crippen LogP contribution in [0.2, 0.25) is 0 Å². The summed E-state index contributed by atoms with van der Waals surface area (Å²) in [6.45, 7) is 6.53. The van der Waals surface area contributed by atoms with Gasteiger partial charge in [0.1, 0.15) is 11.5 Å². The number of rotatable bonds is 4. The first-order valence-corrected chi connectivity index (χ1v) is 7.20. The minimum atomic E-state index is -0.468. The summed E-state index contributed by atoms with van der Waals surface area (Å²) in [6, 6.07) is 15.6. The third-order valence-electron chi connectivity index (χ3n) is 3.25. The lowest BCUT2D eigenvalue weighted by Crippen LogP contribution is -2.10. The quantitative estimate of drug-likeness (QED) is 0.856. The summed E-state index contributed by atoms with van der Waals surface area (Å²) in [5.41, 5.74) is 7.34. The Morgan fingerprint density at radius 1 is 1.05 bits per heavy atom. The molecule has 1 amide bonds. The van der Waals surface area contributed by atoms with E-state index in [9.17, 15) is 4.79 Å². The molecule has 0 bridgehead atoms. The zero-order chi connectivity index (χ0) is 16.2. The second kappa shape index (κ2) is 6.48. The zero-order valence-electron chi connectivity index (χ0n) is 13.2. The van der Waals surface area contributed by atoms with E-state index in [0.29, 0.717) is 0 Å². The van der Waals surface area contributed by atoms with Crippen molar-refractivity contribution < 1.29 is 9.53 Å². The molecule has 0 saturated carbocycles. The SMILES string of the molecule is CC(C)(C)c1ccc(Oc2cccc(/C=C\C(N)=O)c2)cc1. The smallest absolute Gasteiger partial charge is 0.241 e. The molecule has 0 aliphatic rings. The molecule has 0 saturated heterocycles. The fourth-order valence-electron chi connectivity index (χ4n) is 2.02. The molecule has 2 N–H and O–H groups in total. The lowest BCUT2D eigenvalue weighted by molar-refractivity contribution is -0.113. The van der Waals surface area contributed by atoms with Crippen molar-refractivity contribution >= 4 is 12.0 Å². The summed E-state index contributed by atoms with van der Waals surface area (Å²) in [7, 11) is 0. The summed E-state index contributed by atoms with van der Waals surface area (Å²) in [4.78, 5) is 10.8. The number of carbonyl (C=O) groups excluding carboxylic acids is 1. The monoisotopic (exact) mass is 295 g/mol. The van der Waals surface area contributed by atoms with Crippen LogP contribution in [0.1, 0.15) is 31.9 Å². The maximum Gasteiger partial charge on any atom is 0.241 e. The molecule has 0 spiro atoms. The van der Waals surface area contributed by atoms with Gasteiger partial charge in [-0.2, -0.15) is 0 Å². The molecular weight excluding hydrogens is 274 g/mol. The molecule has 0 unspecified atom stereocenters. The fourth-order valence-corrected chi connectivity index (χ4v) is 2.02. The van der Waals surface area contributed by atoms with Crippen molar-refractivity contribution in [1.29, 1.82) is 0 Å². The summed E-state index contributed by atoms with van der Waals surface area (Å²) >= 11 is 0. The number of hydrogen-bond donors (Lipinski definition) is 1. The van der Waals surface area contributed by atoms with Gasteiger partial charge in [0.15, 0.2) is 0 Å². The van der Waals surface area contributed by atoms with E-state index in [1.54, 1.807) is 6.08 Å². The number of carbonyl (C=O) groups is 1. The minimum absolute atomic E-state index is 0.123. The van der Waals surface area contributed by atoms with Crippen molar-refractivity contribution in [3.05, 3.63) is 65.7 Å². The fraction of sp³-hybridized carbons (Fsp3) is 0.211. The van der Waals surface area contributed by atoms with Crippen LogP contribution in [0.15, 0.2) is 54.6 Å². The Kier molecular flexibility index (Phi) is 4.66. The van der Waals surface area contributed by atoms with Crippen molar-refractivity contribution in [2.75, 3.05) is 0 Å². The van der Waals surface area contributed by atoms with Gasteiger partial charge in [-0.3, -0.25) is 4.79 Å². The van der Waals surface area contributed by atoms with E-state index in [4.69, 9.17) is 10.5 Å². The number of ether oxygens (including phenoxy) is 1. The van der Waals surface area contributed by atoms with Gasteiger partial charge < -0.3 is 10.5 Å². The normalized spacial score (nSPS) is 11.6. The first-order valence-electron chi connectivity index (χ1n) is 7.20. The molecule has 0 aromatic heterocycles. The van der Waals surface area contributed by atoms with Gasteiger partial charge in [0.05, 0.1) is 0 Å². The average molecular weight is 295 g/mol. The molecule has 114 valence electrons. The zero-order valence-corrected chi connectivity index (χ0v) is 13.2. The molecule has 0 aliphatic heterocycles. The molecule has 2 aromatic carbocycles. The van der Waals surface area contributed by atoms with Gasteiger partial charge in [0, 0.05) is 6.08 Å². The van der Waals surface area contributed by atoms with Crippen LogP contribution in [0.25, 0.3) is 6.08 Å². The summed E-state index contributed by atoms with van der Waals surface area (Å²) in [5, 5.41) is 0. The van der Waals surface area contributed by atoms with Crippen LogP contribution in [0.3, 0.4) is 0 Å². The Bertz CT molecular complexity index is 679. The van der Waals surface area contributed by atoms with E-state index in [1.165, 1.54) is 11.6 Å². The second-order valence-electron chi connectivity index (χ2n) is 6.18. The lowest BCUT2D eigenvalue weighted by Gasteiger charge is -2.19. The number of primary amides is 1. The Hall–Kier alpha value is -2.55. The van der Waals surface area contributed by atoms with E-state index in [2.05, 4.69) is 32.9 Å². The predicted octanol–water partition coefficient (Wildman–Crippen LogP) is 4.27. The van der Waals surface area contributed by atoms with Crippen LogP contribution in [0.4, 0.5) is 0 Å². The van der Waals surface area contributed by atoms with Crippen LogP contribution in [-0.4, -0.2) is 5.91 Å². The molecule has 0 radical (unpaired) electrons. The van der Waals surface area contributed by atoms with Crippen LogP contribution < -0.4 is 10.5 Å². The highest BCUT2D eigenvalue weighted by molar-refractivity contribution is 5.90. The van der Waals surface area contributed by atoms with Crippen LogP contribution in [-0.2, 0) is 10.2 Å². The van der Waals surface area contributed by atoms with Crippen molar-refractivity contribution in [1.82, 2.24) is 0 Å². The van der Waals surface area contributed by atoms with E-state index in [1.807, 2.05) is 36.4 Å². The summed E-state index contributed by atoms with van der Waals surface area (Å²) < 4.78 is 5.84. The van der Waals surface area contributed by atoms with E-state index in [0.717, 1.165) is 17.1 Å². The first kappa shape index (κ1) is 15.8. The topological polar surface area (TPSA) is 52.3 Å². The Labute approximate surface area is 131 Å². The minimum Gasteiger partial charge on any atom is -0.457 e. The van der Waals surface area contributed by atoms with Gasteiger partial charge in [-0.25, -0.2) is 0 Å². The number of amides is 1. The van der Waals surface area contributed by atoms with E-state index in [-0.39, 0.29) is 5.41 Å². The standard InChI is InChI=1S/C19H21NO2/c1-19(2,3)15-8-10-16(11-9-15)22-17-6-4-5-14(13-17)7-12-18(20)21/h4-13H,1-3H3,(H2,20,21)/b12-7-. The molecule has 0 fully saturated rings. The van der Waals surface area contributed by atoms with Gasteiger partial charge in [-0.15, -0.1) is 0 Å². The maximum atomic E-state index is 10.8. The molecule has 0 heterocycles. The third kappa shape index (κ3) is 4.48. The van der Waals surface area contributed by atoms with E-state index >= 15 is 0 Å². The first-order chi connectivity index (χ1) is 10.3.